The summed E-state index contributed by atoms with van der Waals surface area (Å²) in [6.45, 7) is 5.17. The highest BCUT2D eigenvalue weighted by Gasteiger charge is 2.26. The van der Waals surface area contributed by atoms with Crippen molar-refractivity contribution in [2.75, 3.05) is 50.6 Å². The van der Waals surface area contributed by atoms with Gasteiger partial charge in [-0.3, -0.25) is 9.69 Å². The minimum absolute atomic E-state index is 0.135. The van der Waals surface area contributed by atoms with Crippen molar-refractivity contribution in [1.29, 1.82) is 0 Å². The van der Waals surface area contributed by atoms with E-state index in [0.717, 1.165) is 23.4 Å². The maximum Gasteiger partial charge on any atom is 0.217 e. The number of hydrogen-bond donors (Lipinski definition) is 1. The minimum Gasteiger partial charge on any atom is -0.475 e. The number of nitrogen functional groups attached to an aromatic ring is 1. The maximum absolute atomic E-state index is 12.6. The fraction of sp³-hybridized carbons (Fsp3) is 0.400. The molecule has 7 nitrogen and oxygen atoms in total. The molecule has 2 aliphatic heterocycles. The molecule has 0 saturated carbocycles. The number of nitrogens with zero attached hydrogens (tertiary/aromatic N) is 3. The van der Waals surface area contributed by atoms with Crippen molar-refractivity contribution >= 4 is 17.3 Å². The molecule has 3 heterocycles. The Morgan fingerprint density at radius 3 is 2.32 bits per heavy atom. The van der Waals surface area contributed by atoms with Gasteiger partial charge < -0.3 is 20.1 Å². The van der Waals surface area contributed by atoms with Gasteiger partial charge >= 0.3 is 0 Å². The summed E-state index contributed by atoms with van der Waals surface area (Å²) < 4.78 is 10.8. The van der Waals surface area contributed by atoms with Gasteiger partial charge in [0.1, 0.15) is 12.4 Å². The molecule has 2 aliphatic rings. The second-order valence-electron chi connectivity index (χ2n) is 9.99. The van der Waals surface area contributed by atoms with E-state index >= 15 is 0 Å². The van der Waals surface area contributed by atoms with Crippen LogP contribution in [0.5, 0.6) is 5.88 Å². The summed E-state index contributed by atoms with van der Waals surface area (Å²) in [6.07, 6.45) is 4.24. The lowest BCUT2D eigenvalue weighted by atomic mass is 9.98. The minimum atomic E-state index is 0.135. The number of benzene rings is 2. The van der Waals surface area contributed by atoms with Crippen LogP contribution in [0.4, 0.5) is 11.5 Å². The van der Waals surface area contributed by atoms with Crippen LogP contribution in [0, 0.1) is 0 Å². The van der Waals surface area contributed by atoms with Gasteiger partial charge in [0.25, 0.3) is 0 Å². The van der Waals surface area contributed by atoms with Crippen LogP contribution in [0.1, 0.15) is 36.0 Å². The Labute approximate surface area is 219 Å². The molecular weight excluding hydrogens is 464 g/mol. The Morgan fingerprint density at radius 1 is 0.919 bits per heavy atom. The summed E-state index contributed by atoms with van der Waals surface area (Å²) in [5, 5.41) is 0. The van der Waals surface area contributed by atoms with E-state index in [0.29, 0.717) is 44.4 Å². The van der Waals surface area contributed by atoms with E-state index in [2.05, 4.69) is 63.3 Å². The van der Waals surface area contributed by atoms with Crippen LogP contribution in [0.2, 0.25) is 0 Å². The first-order chi connectivity index (χ1) is 18.1. The van der Waals surface area contributed by atoms with E-state index in [9.17, 15) is 4.79 Å². The zero-order chi connectivity index (χ0) is 25.6. The average molecular weight is 501 g/mol. The van der Waals surface area contributed by atoms with Crippen LogP contribution in [-0.2, 0) is 29.0 Å². The van der Waals surface area contributed by atoms with Gasteiger partial charge in [0.15, 0.2) is 5.78 Å². The zero-order valence-corrected chi connectivity index (χ0v) is 21.6. The summed E-state index contributed by atoms with van der Waals surface area (Å²) in [4.78, 5) is 21.6. The number of carbonyl (C=O) groups is 1. The fourth-order valence-corrected chi connectivity index (χ4v) is 5.31. The van der Waals surface area contributed by atoms with Gasteiger partial charge in [-0.2, -0.15) is 4.98 Å². The molecule has 194 valence electrons. The number of ketones is 1. The molecule has 0 amide bonds. The van der Waals surface area contributed by atoms with E-state index in [1.165, 1.54) is 49.0 Å². The molecule has 5 rings (SSSR count). The van der Waals surface area contributed by atoms with Crippen molar-refractivity contribution in [3.05, 3.63) is 71.3 Å². The van der Waals surface area contributed by atoms with Crippen LogP contribution in [0.25, 0.3) is 11.1 Å². The van der Waals surface area contributed by atoms with Gasteiger partial charge in [0, 0.05) is 38.2 Å². The van der Waals surface area contributed by atoms with E-state index in [1.54, 1.807) is 7.11 Å². The number of piperidine rings is 1. The van der Waals surface area contributed by atoms with Crippen LogP contribution >= 0.6 is 0 Å². The molecule has 3 aromatic rings. The molecule has 0 unspecified atom stereocenters. The molecule has 2 aromatic carbocycles. The fourth-order valence-electron chi connectivity index (χ4n) is 5.31. The van der Waals surface area contributed by atoms with Crippen LogP contribution in [-0.4, -0.2) is 55.6 Å². The van der Waals surface area contributed by atoms with E-state index in [1.807, 2.05) is 6.07 Å². The molecular formula is C30H36N4O3. The number of methoxy groups -OCH3 is 1. The van der Waals surface area contributed by atoms with Gasteiger partial charge in [-0.15, -0.1) is 0 Å². The molecule has 0 aliphatic carbocycles. The smallest absolute Gasteiger partial charge is 0.217 e. The third kappa shape index (κ3) is 6.29. The summed E-state index contributed by atoms with van der Waals surface area (Å²) >= 11 is 0. The third-order valence-electron chi connectivity index (χ3n) is 7.14. The number of fused-ring (bicyclic) bond motifs is 1. The number of ether oxygens (including phenoxy) is 2. The average Bonchev–Trinajstić information content (AvgIpc) is 2.90. The normalized spacial score (nSPS) is 16.0. The number of Topliss-reactive ketones (excluding diaryl/α,β-unsaturated/α-hetero) is 1. The monoisotopic (exact) mass is 500 g/mol. The Hall–Kier alpha value is -3.42. The largest absolute Gasteiger partial charge is 0.475 e. The Morgan fingerprint density at radius 2 is 1.62 bits per heavy atom. The zero-order valence-electron chi connectivity index (χ0n) is 21.6. The van der Waals surface area contributed by atoms with Crippen molar-refractivity contribution in [1.82, 2.24) is 9.88 Å². The van der Waals surface area contributed by atoms with E-state index < -0.39 is 0 Å². The number of rotatable bonds is 9. The lowest BCUT2D eigenvalue weighted by molar-refractivity contribution is -0.117. The first-order valence-electron chi connectivity index (χ1n) is 13.2. The molecule has 1 fully saturated rings. The second kappa shape index (κ2) is 11.8. The highest BCUT2D eigenvalue weighted by atomic mass is 16.5. The molecule has 0 atom stereocenters. The molecule has 1 saturated heterocycles. The van der Waals surface area contributed by atoms with Crippen molar-refractivity contribution in [3.63, 3.8) is 0 Å². The topological polar surface area (TPSA) is 80.9 Å². The number of hydrogen-bond acceptors (Lipinski definition) is 7. The Kier molecular flexibility index (Phi) is 8.02. The lowest BCUT2D eigenvalue weighted by Crippen LogP contribution is -2.36. The first-order valence-corrected chi connectivity index (χ1v) is 13.2. The van der Waals surface area contributed by atoms with Crippen LogP contribution < -0.4 is 15.4 Å². The highest BCUT2D eigenvalue weighted by Crippen LogP contribution is 2.34. The Balaban J connectivity index is 1.35. The quantitative estimate of drug-likeness (QED) is 0.434. The summed E-state index contributed by atoms with van der Waals surface area (Å²) in [6, 6.07) is 19.3. The summed E-state index contributed by atoms with van der Waals surface area (Å²) in [5.74, 6) is 0.935. The van der Waals surface area contributed by atoms with Crippen LogP contribution in [0.15, 0.2) is 54.6 Å². The number of anilines is 2. The number of aromatic nitrogens is 1. The van der Waals surface area contributed by atoms with Gasteiger partial charge in [-0.05, 0) is 60.3 Å². The number of likely N-dealkylation sites (tertiary alicyclic amines) is 1. The molecule has 0 bridgehead atoms. The molecule has 7 heteroatoms. The van der Waals surface area contributed by atoms with Crippen molar-refractivity contribution in [2.24, 2.45) is 0 Å². The number of pyridine rings is 1. The third-order valence-corrected chi connectivity index (χ3v) is 7.14. The predicted octanol–water partition coefficient (Wildman–Crippen LogP) is 4.47. The van der Waals surface area contributed by atoms with Gasteiger partial charge in [-0.25, -0.2) is 0 Å². The summed E-state index contributed by atoms with van der Waals surface area (Å²) in [7, 11) is 1.63. The molecule has 0 spiro atoms. The Bertz CT molecular complexity index is 1240. The SMILES string of the molecule is COCCOc1cc2c(c(N)n1)CC(=O)CN2Cc1cccc(-c2cccc(CN3CCCCC3)c2)c1. The second-order valence-corrected chi connectivity index (χ2v) is 9.99. The van der Waals surface area contributed by atoms with Crippen molar-refractivity contribution in [2.45, 2.75) is 38.8 Å². The lowest BCUT2D eigenvalue weighted by Gasteiger charge is -2.31. The predicted molar refractivity (Wildman–Crippen MR) is 147 cm³/mol. The molecule has 1 aromatic heterocycles. The van der Waals surface area contributed by atoms with E-state index in [4.69, 9.17) is 15.2 Å². The van der Waals surface area contributed by atoms with Gasteiger partial charge in [0.05, 0.1) is 18.8 Å². The number of carbonyl (C=O) groups excluding carboxylic acids is 1. The van der Waals surface area contributed by atoms with Crippen molar-refractivity contribution < 1.29 is 14.3 Å². The highest BCUT2D eigenvalue weighted by molar-refractivity contribution is 5.92. The van der Waals surface area contributed by atoms with Gasteiger partial charge in [0.2, 0.25) is 5.88 Å². The van der Waals surface area contributed by atoms with E-state index in [-0.39, 0.29) is 5.78 Å². The molecule has 0 radical (unpaired) electrons. The summed E-state index contributed by atoms with van der Waals surface area (Å²) in [5.41, 5.74) is 12.8. The van der Waals surface area contributed by atoms with Gasteiger partial charge in [-0.1, -0.05) is 42.8 Å². The maximum atomic E-state index is 12.6. The molecule has 2 N–H and O–H groups in total. The standard InChI is InChI=1S/C30H36N4O3/c1-36-13-14-37-29-18-28-27(30(31)32-29)17-26(35)21-34(28)20-23-8-6-10-25(16-23)24-9-5-7-22(15-24)19-33-11-3-2-4-12-33/h5-10,15-16,18H,2-4,11-14,17,19-21H2,1H3,(H2,31,32). The number of nitrogens with two attached hydrogens (primary N) is 1. The van der Waals surface area contributed by atoms with Crippen molar-refractivity contribution in [3.8, 4) is 17.0 Å². The molecule has 37 heavy (non-hydrogen) atoms. The first kappa shape index (κ1) is 25.2. The van der Waals surface area contributed by atoms with Crippen LogP contribution in [0.3, 0.4) is 0 Å².